The number of hydrogen-bond donors (Lipinski definition) is 1. The van der Waals surface area contributed by atoms with Gasteiger partial charge >= 0.3 is 0 Å². The highest BCUT2D eigenvalue weighted by Gasteiger charge is 2.10. The Morgan fingerprint density at radius 3 is 2.55 bits per heavy atom. The first-order chi connectivity index (χ1) is 9.70. The molecule has 0 heterocycles. The predicted octanol–water partition coefficient (Wildman–Crippen LogP) is 4.68. The van der Waals surface area contributed by atoms with Gasteiger partial charge in [-0.3, -0.25) is 0 Å². The van der Waals surface area contributed by atoms with Crippen molar-refractivity contribution < 1.29 is 9.13 Å². The molecule has 106 valence electrons. The van der Waals surface area contributed by atoms with Crippen LogP contribution in [0.25, 0.3) is 0 Å². The Balaban J connectivity index is 2.10. The van der Waals surface area contributed by atoms with E-state index < -0.39 is 0 Å². The molecule has 2 rings (SSSR count). The second kappa shape index (κ2) is 7.06. The zero-order chi connectivity index (χ0) is 14.4. The maximum atomic E-state index is 14.1. The zero-order valence-electron chi connectivity index (χ0n) is 11.9. The molecule has 0 aliphatic carbocycles. The van der Waals surface area contributed by atoms with E-state index in [9.17, 15) is 4.39 Å². The van der Waals surface area contributed by atoms with Crippen molar-refractivity contribution in [3.8, 4) is 11.5 Å². The Morgan fingerprint density at radius 2 is 1.90 bits per heavy atom. The van der Waals surface area contributed by atoms with E-state index in [0.717, 1.165) is 18.5 Å². The standard InChI is InChI=1S/C17H20FNO/c1-3-11-19-13(2)14-9-10-17(16(18)12-14)20-15-7-5-4-6-8-15/h4-10,12-13,19H,3,11H2,1-2H3. The molecule has 2 aromatic rings. The van der Waals surface area contributed by atoms with Crippen LogP contribution in [0, 0.1) is 5.82 Å². The first-order valence-corrected chi connectivity index (χ1v) is 6.96. The molecule has 0 aromatic heterocycles. The van der Waals surface area contributed by atoms with E-state index in [0.29, 0.717) is 5.75 Å². The van der Waals surface area contributed by atoms with Gasteiger partial charge in [0.25, 0.3) is 0 Å². The number of ether oxygens (including phenoxy) is 1. The second-order valence-corrected chi connectivity index (χ2v) is 4.78. The topological polar surface area (TPSA) is 21.3 Å². The van der Waals surface area contributed by atoms with Crippen LogP contribution in [-0.4, -0.2) is 6.54 Å². The van der Waals surface area contributed by atoms with Crippen LogP contribution in [0.5, 0.6) is 11.5 Å². The Morgan fingerprint density at radius 1 is 1.15 bits per heavy atom. The number of benzene rings is 2. The highest BCUT2D eigenvalue weighted by atomic mass is 19.1. The summed E-state index contributed by atoms with van der Waals surface area (Å²) in [6.45, 7) is 5.06. The van der Waals surface area contributed by atoms with Gasteiger partial charge in [-0.2, -0.15) is 0 Å². The molecule has 2 aromatic carbocycles. The van der Waals surface area contributed by atoms with Gasteiger partial charge in [0, 0.05) is 6.04 Å². The lowest BCUT2D eigenvalue weighted by atomic mass is 10.1. The van der Waals surface area contributed by atoms with E-state index in [4.69, 9.17) is 4.74 Å². The van der Waals surface area contributed by atoms with Crippen LogP contribution in [0.15, 0.2) is 48.5 Å². The zero-order valence-corrected chi connectivity index (χ0v) is 11.9. The van der Waals surface area contributed by atoms with Gasteiger partial charge in [-0.25, -0.2) is 4.39 Å². The van der Waals surface area contributed by atoms with Crippen LogP contribution in [-0.2, 0) is 0 Å². The summed E-state index contributed by atoms with van der Waals surface area (Å²) in [5.41, 5.74) is 0.927. The van der Waals surface area contributed by atoms with Crippen LogP contribution >= 0.6 is 0 Å². The fourth-order valence-corrected chi connectivity index (χ4v) is 1.96. The van der Waals surface area contributed by atoms with Gasteiger partial charge in [-0.05, 0) is 49.7 Å². The molecular weight excluding hydrogens is 253 g/mol. The summed E-state index contributed by atoms with van der Waals surface area (Å²) in [6.07, 6.45) is 1.06. The van der Waals surface area contributed by atoms with E-state index in [2.05, 4.69) is 12.2 Å². The summed E-state index contributed by atoms with van der Waals surface area (Å²) in [5.74, 6) is 0.551. The van der Waals surface area contributed by atoms with E-state index in [1.54, 1.807) is 18.2 Å². The van der Waals surface area contributed by atoms with E-state index in [-0.39, 0.29) is 17.6 Å². The molecule has 0 saturated heterocycles. The summed E-state index contributed by atoms with van der Waals surface area (Å²) in [6, 6.07) is 14.5. The minimum absolute atomic E-state index is 0.134. The van der Waals surface area contributed by atoms with Crippen LogP contribution in [0.4, 0.5) is 4.39 Å². The van der Waals surface area contributed by atoms with E-state index >= 15 is 0 Å². The summed E-state index contributed by atoms with van der Waals surface area (Å²) in [5, 5.41) is 3.34. The fraction of sp³-hybridized carbons (Fsp3) is 0.294. The average Bonchev–Trinajstić information content (AvgIpc) is 2.48. The van der Waals surface area contributed by atoms with Gasteiger partial charge in [0.05, 0.1) is 0 Å². The molecule has 0 fully saturated rings. The van der Waals surface area contributed by atoms with Crippen molar-refractivity contribution in [1.82, 2.24) is 5.32 Å². The van der Waals surface area contributed by atoms with Gasteiger partial charge in [-0.1, -0.05) is 31.2 Å². The van der Waals surface area contributed by atoms with Crippen molar-refractivity contribution in [2.45, 2.75) is 26.3 Å². The number of para-hydroxylation sites is 1. The van der Waals surface area contributed by atoms with Gasteiger partial charge in [0.1, 0.15) is 5.75 Å². The third-order valence-corrected chi connectivity index (χ3v) is 3.13. The average molecular weight is 273 g/mol. The maximum absolute atomic E-state index is 14.1. The lowest BCUT2D eigenvalue weighted by Crippen LogP contribution is -2.19. The Bertz CT molecular complexity index is 542. The van der Waals surface area contributed by atoms with Gasteiger partial charge in [0.15, 0.2) is 11.6 Å². The molecule has 3 heteroatoms. The molecule has 0 saturated carbocycles. The molecule has 0 aliphatic rings. The van der Waals surface area contributed by atoms with E-state index in [1.807, 2.05) is 31.2 Å². The summed E-state index contributed by atoms with van der Waals surface area (Å²) in [7, 11) is 0. The summed E-state index contributed by atoms with van der Waals surface area (Å²) in [4.78, 5) is 0. The van der Waals surface area contributed by atoms with Crippen molar-refractivity contribution in [1.29, 1.82) is 0 Å². The van der Waals surface area contributed by atoms with Crippen LogP contribution in [0.2, 0.25) is 0 Å². The largest absolute Gasteiger partial charge is 0.454 e. The Hall–Kier alpha value is -1.87. The van der Waals surface area contributed by atoms with Crippen LogP contribution < -0.4 is 10.1 Å². The second-order valence-electron chi connectivity index (χ2n) is 4.78. The molecule has 2 nitrogen and oxygen atoms in total. The highest BCUT2D eigenvalue weighted by Crippen LogP contribution is 2.26. The van der Waals surface area contributed by atoms with Crippen molar-refractivity contribution in [2.75, 3.05) is 6.54 Å². The normalized spacial score (nSPS) is 12.2. The first kappa shape index (κ1) is 14.5. The van der Waals surface area contributed by atoms with Gasteiger partial charge in [-0.15, -0.1) is 0 Å². The number of nitrogens with one attached hydrogen (secondary N) is 1. The van der Waals surface area contributed by atoms with Crippen molar-refractivity contribution in [2.24, 2.45) is 0 Å². The highest BCUT2D eigenvalue weighted by molar-refractivity contribution is 5.35. The third kappa shape index (κ3) is 3.81. The van der Waals surface area contributed by atoms with Crippen LogP contribution in [0.3, 0.4) is 0 Å². The minimum atomic E-state index is -0.337. The molecular formula is C17H20FNO. The molecule has 1 N–H and O–H groups in total. The number of halogens is 1. The minimum Gasteiger partial charge on any atom is -0.454 e. The van der Waals surface area contributed by atoms with E-state index in [1.165, 1.54) is 6.07 Å². The Kier molecular flexibility index (Phi) is 5.13. The lowest BCUT2D eigenvalue weighted by Gasteiger charge is -2.15. The SMILES string of the molecule is CCCNC(C)c1ccc(Oc2ccccc2)c(F)c1. The molecule has 0 amide bonds. The van der Waals surface area contributed by atoms with Crippen molar-refractivity contribution in [3.05, 3.63) is 59.9 Å². The van der Waals surface area contributed by atoms with Crippen molar-refractivity contribution >= 4 is 0 Å². The Labute approximate surface area is 119 Å². The molecule has 20 heavy (non-hydrogen) atoms. The smallest absolute Gasteiger partial charge is 0.166 e. The molecule has 0 bridgehead atoms. The monoisotopic (exact) mass is 273 g/mol. The lowest BCUT2D eigenvalue weighted by molar-refractivity contribution is 0.440. The van der Waals surface area contributed by atoms with Crippen molar-refractivity contribution in [3.63, 3.8) is 0 Å². The third-order valence-electron chi connectivity index (χ3n) is 3.13. The molecule has 0 spiro atoms. The fourth-order valence-electron chi connectivity index (χ4n) is 1.96. The van der Waals surface area contributed by atoms with Crippen LogP contribution in [0.1, 0.15) is 31.9 Å². The summed E-state index contributed by atoms with van der Waals surface area (Å²) < 4.78 is 19.6. The molecule has 1 atom stereocenters. The molecule has 0 radical (unpaired) electrons. The summed E-state index contributed by atoms with van der Waals surface area (Å²) >= 11 is 0. The first-order valence-electron chi connectivity index (χ1n) is 6.96. The number of hydrogen-bond acceptors (Lipinski definition) is 2. The maximum Gasteiger partial charge on any atom is 0.166 e. The number of rotatable bonds is 6. The predicted molar refractivity (Wildman–Crippen MR) is 79.6 cm³/mol. The molecule has 0 aliphatic heterocycles. The van der Waals surface area contributed by atoms with Gasteiger partial charge < -0.3 is 10.1 Å². The van der Waals surface area contributed by atoms with Gasteiger partial charge in [0.2, 0.25) is 0 Å². The molecule has 1 unspecified atom stereocenters. The quantitative estimate of drug-likeness (QED) is 0.825.